The fourth-order valence-electron chi connectivity index (χ4n) is 4.21. The van der Waals surface area contributed by atoms with Crippen molar-refractivity contribution in [3.05, 3.63) is 88.7 Å². The largest absolute Gasteiger partial charge is 0.341 e. The summed E-state index contributed by atoms with van der Waals surface area (Å²) in [5, 5.41) is 5.68. The predicted molar refractivity (Wildman–Crippen MR) is 146 cm³/mol. The number of thioether (sulfide) groups is 1. The number of hydrogen-bond acceptors (Lipinski definition) is 6. The smallest absolute Gasteiger partial charge is 0.339 e. The number of aromatic nitrogens is 1. The molecule has 4 rings (SSSR count). The van der Waals surface area contributed by atoms with Crippen LogP contribution in [0.5, 0.6) is 0 Å². The minimum absolute atomic E-state index is 0.0530. The van der Waals surface area contributed by atoms with Crippen LogP contribution in [0.2, 0.25) is 0 Å². The highest BCUT2D eigenvalue weighted by molar-refractivity contribution is 8.02. The lowest BCUT2D eigenvalue weighted by molar-refractivity contribution is -0.124. The van der Waals surface area contributed by atoms with E-state index in [2.05, 4.69) is 21.2 Å². The maximum Gasteiger partial charge on any atom is 0.341 e. The number of pyridine rings is 1. The molecule has 1 aliphatic rings. The van der Waals surface area contributed by atoms with Gasteiger partial charge in [0.1, 0.15) is 22.8 Å². The Kier molecular flexibility index (Phi) is 8.42. The summed E-state index contributed by atoms with van der Waals surface area (Å²) in [6.45, 7) is 5.61. The number of nitrogens with one attached hydrogen (secondary N) is 3. The Bertz CT molecular complexity index is 1400. The van der Waals surface area contributed by atoms with E-state index in [9.17, 15) is 19.2 Å². The Labute approximate surface area is 225 Å². The molecule has 195 valence electrons. The summed E-state index contributed by atoms with van der Waals surface area (Å²) in [4.78, 5) is 56.1. The number of amides is 4. The van der Waals surface area contributed by atoms with Gasteiger partial charge >= 0.3 is 6.03 Å². The molecule has 0 fully saturated rings. The number of urea groups is 1. The summed E-state index contributed by atoms with van der Waals surface area (Å²) < 4.78 is 0. The fourth-order valence-corrected chi connectivity index (χ4v) is 5.31. The molecule has 10 heteroatoms. The van der Waals surface area contributed by atoms with Crippen LogP contribution < -0.4 is 16.2 Å². The van der Waals surface area contributed by atoms with Gasteiger partial charge in [-0.25, -0.2) is 15.2 Å². The zero-order valence-corrected chi connectivity index (χ0v) is 22.0. The monoisotopic (exact) mass is 530 g/mol. The SMILES string of the molecule is Cc1cccc(C(=O)N[C@@H](CC(C)C)C(=O)NNC(=O)N2C([C]=O)=CSC2c2cccc3ccccc23)n1. The van der Waals surface area contributed by atoms with Gasteiger partial charge in [-0.2, -0.15) is 0 Å². The van der Waals surface area contributed by atoms with Gasteiger partial charge in [-0.15, -0.1) is 11.8 Å². The lowest BCUT2D eigenvalue weighted by atomic mass is 10.0. The van der Waals surface area contributed by atoms with E-state index in [0.717, 1.165) is 16.3 Å². The molecule has 0 saturated heterocycles. The van der Waals surface area contributed by atoms with Crippen molar-refractivity contribution >= 4 is 46.7 Å². The van der Waals surface area contributed by atoms with Crippen LogP contribution in [0.3, 0.4) is 0 Å². The Hall–Kier alpha value is -4.18. The molecule has 0 saturated carbocycles. The molecule has 3 N–H and O–H groups in total. The average molecular weight is 531 g/mol. The van der Waals surface area contributed by atoms with Gasteiger partial charge < -0.3 is 5.32 Å². The molecule has 1 radical (unpaired) electrons. The standard InChI is InChI=1S/C28H28N5O4S/c1-17(2)14-24(30-25(35)23-13-6-8-18(3)29-23)26(36)31-32-28(37)33-20(15-34)16-38-27(33)22-12-7-10-19-9-4-5-11-21(19)22/h4-13,16-17,24,27H,14H2,1-3H3,(H,30,35)(H,31,36)(H,32,37)/t24-,27?/m0/s1. The quantitative estimate of drug-likeness (QED) is 0.395. The first-order valence-electron chi connectivity index (χ1n) is 12.1. The van der Waals surface area contributed by atoms with Gasteiger partial charge in [-0.05, 0) is 47.7 Å². The molecule has 1 aromatic heterocycles. The second-order valence-electron chi connectivity index (χ2n) is 9.27. The van der Waals surface area contributed by atoms with Crippen molar-refractivity contribution in [3.8, 4) is 0 Å². The van der Waals surface area contributed by atoms with Crippen LogP contribution in [0, 0.1) is 12.8 Å². The van der Waals surface area contributed by atoms with Crippen LogP contribution in [0.1, 0.15) is 47.4 Å². The van der Waals surface area contributed by atoms with Crippen LogP contribution in [0.25, 0.3) is 10.8 Å². The van der Waals surface area contributed by atoms with E-state index in [4.69, 9.17) is 0 Å². The number of aryl methyl sites for hydroxylation is 1. The summed E-state index contributed by atoms with van der Waals surface area (Å²) in [5.41, 5.74) is 6.57. The fraction of sp³-hybridized carbons (Fsp3) is 0.250. The Balaban J connectivity index is 1.48. The average Bonchev–Trinajstić information content (AvgIpc) is 3.34. The lowest BCUT2D eigenvalue weighted by Gasteiger charge is -2.27. The number of fused-ring (bicyclic) bond motifs is 1. The van der Waals surface area contributed by atoms with Gasteiger partial charge in [-0.3, -0.25) is 24.7 Å². The molecule has 0 bridgehead atoms. The third-order valence-corrected chi connectivity index (χ3v) is 7.04. The molecule has 1 aliphatic heterocycles. The van der Waals surface area contributed by atoms with Gasteiger partial charge in [0, 0.05) is 11.1 Å². The molecule has 0 aliphatic carbocycles. The van der Waals surface area contributed by atoms with E-state index >= 15 is 0 Å². The van der Waals surface area contributed by atoms with Crippen molar-refractivity contribution in [2.75, 3.05) is 0 Å². The minimum Gasteiger partial charge on any atom is -0.339 e. The summed E-state index contributed by atoms with van der Waals surface area (Å²) in [6.07, 6.45) is 2.14. The van der Waals surface area contributed by atoms with E-state index in [-0.39, 0.29) is 17.3 Å². The first kappa shape index (κ1) is 26.9. The Morgan fingerprint density at radius 1 is 1.03 bits per heavy atom. The molecular formula is C28H28N5O4S. The van der Waals surface area contributed by atoms with Crippen molar-refractivity contribution in [2.24, 2.45) is 5.92 Å². The summed E-state index contributed by atoms with van der Waals surface area (Å²) in [6, 6.07) is 16.9. The second-order valence-corrected chi connectivity index (χ2v) is 10.2. The van der Waals surface area contributed by atoms with Crippen molar-refractivity contribution < 1.29 is 19.2 Å². The molecule has 4 amide bonds. The number of benzene rings is 2. The molecule has 3 aromatic rings. The zero-order chi connectivity index (χ0) is 27.2. The second kappa shape index (κ2) is 11.9. The molecule has 2 aromatic carbocycles. The first-order valence-corrected chi connectivity index (χ1v) is 13.1. The third-order valence-electron chi connectivity index (χ3n) is 5.96. The normalized spacial score (nSPS) is 15.6. The van der Waals surface area contributed by atoms with Crippen LogP contribution >= 0.6 is 11.8 Å². The van der Waals surface area contributed by atoms with E-state index in [1.165, 1.54) is 16.7 Å². The van der Waals surface area contributed by atoms with Crippen molar-refractivity contribution in [2.45, 2.75) is 38.6 Å². The van der Waals surface area contributed by atoms with Crippen LogP contribution in [0.15, 0.2) is 71.8 Å². The predicted octanol–water partition coefficient (Wildman–Crippen LogP) is 4.13. The summed E-state index contributed by atoms with van der Waals surface area (Å²) >= 11 is 1.30. The van der Waals surface area contributed by atoms with Gasteiger partial charge in [0.2, 0.25) is 0 Å². The van der Waals surface area contributed by atoms with E-state index < -0.39 is 29.3 Å². The number of rotatable bonds is 7. The van der Waals surface area contributed by atoms with Crippen LogP contribution in [0.4, 0.5) is 4.79 Å². The highest BCUT2D eigenvalue weighted by Crippen LogP contribution is 2.44. The number of hydrazine groups is 1. The Morgan fingerprint density at radius 3 is 2.50 bits per heavy atom. The van der Waals surface area contributed by atoms with E-state index in [0.29, 0.717) is 12.1 Å². The molecular weight excluding hydrogens is 502 g/mol. The number of hydrogen-bond donors (Lipinski definition) is 3. The summed E-state index contributed by atoms with van der Waals surface area (Å²) in [7, 11) is 0. The van der Waals surface area contributed by atoms with Gasteiger partial charge in [0.15, 0.2) is 0 Å². The number of carbonyl (C=O) groups excluding carboxylic acids is 4. The van der Waals surface area contributed by atoms with Gasteiger partial charge in [0.05, 0.1) is 0 Å². The molecule has 2 atom stereocenters. The molecule has 2 heterocycles. The first-order chi connectivity index (χ1) is 18.3. The maximum absolute atomic E-state index is 13.2. The van der Waals surface area contributed by atoms with Gasteiger partial charge in [0.25, 0.3) is 18.1 Å². The lowest BCUT2D eigenvalue weighted by Crippen LogP contribution is -2.55. The zero-order valence-electron chi connectivity index (χ0n) is 21.2. The topological polar surface area (TPSA) is 121 Å². The van der Waals surface area contributed by atoms with E-state index in [1.807, 2.05) is 56.3 Å². The number of nitrogens with zero attached hydrogens (tertiary/aromatic N) is 2. The minimum atomic E-state index is -0.917. The highest BCUT2D eigenvalue weighted by atomic mass is 32.2. The molecule has 1 unspecified atom stereocenters. The maximum atomic E-state index is 13.2. The van der Waals surface area contributed by atoms with Crippen molar-refractivity contribution in [3.63, 3.8) is 0 Å². The Morgan fingerprint density at radius 2 is 1.76 bits per heavy atom. The molecule has 38 heavy (non-hydrogen) atoms. The van der Waals surface area contributed by atoms with E-state index in [1.54, 1.807) is 36.8 Å². The number of carbonyl (C=O) groups is 3. The highest BCUT2D eigenvalue weighted by Gasteiger charge is 2.35. The molecule has 0 spiro atoms. The van der Waals surface area contributed by atoms with Crippen LogP contribution in [-0.4, -0.2) is 40.1 Å². The summed E-state index contributed by atoms with van der Waals surface area (Å²) in [5.74, 6) is -1.01. The number of allylic oxidation sites excluding steroid dienone is 1. The van der Waals surface area contributed by atoms with Crippen LogP contribution in [-0.2, 0) is 9.59 Å². The van der Waals surface area contributed by atoms with Crippen molar-refractivity contribution in [1.82, 2.24) is 26.1 Å². The molecule has 9 nitrogen and oxygen atoms in total. The third kappa shape index (κ3) is 6.03. The van der Waals surface area contributed by atoms with Gasteiger partial charge in [-0.1, -0.05) is 62.4 Å². The van der Waals surface area contributed by atoms with Crippen molar-refractivity contribution in [1.29, 1.82) is 0 Å².